The molecular weight excluding hydrogens is 382 g/mol. The van der Waals surface area contributed by atoms with E-state index in [4.69, 9.17) is 0 Å². The number of carbonyl (C=O) groups excluding carboxylic acids is 1. The number of piperazine rings is 1. The molecule has 0 saturated carbocycles. The van der Waals surface area contributed by atoms with E-state index >= 15 is 0 Å². The van der Waals surface area contributed by atoms with Crippen LogP contribution in [0.4, 0.5) is 0 Å². The third-order valence-electron chi connectivity index (χ3n) is 5.70. The molecule has 0 unspecified atom stereocenters. The van der Waals surface area contributed by atoms with Crippen molar-refractivity contribution in [3.05, 3.63) is 48.0 Å². The standard InChI is InChI=1S/C22H29N5OS/c1-26-13-14-27(12-10-17-8-9-18-5-2-3-6-19(18)15-17)21(28)20(26)7-4-11-23-22-25-24-16-29-22/h2-3,5-6,8-9,15,20,24H,4,7,10-14,16H2,1H3,(H,23,25)/t20-/m0/s1. The Balaban J connectivity index is 1.30. The van der Waals surface area contributed by atoms with E-state index in [0.717, 1.165) is 56.5 Å². The molecule has 2 aliphatic rings. The van der Waals surface area contributed by atoms with Gasteiger partial charge in [-0.15, -0.1) is 0 Å². The third kappa shape index (κ3) is 5.10. The molecule has 6 nitrogen and oxygen atoms in total. The zero-order valence-corrected chi connectivity index (χ0v) is 17.8. The van der Waals surface area contributed by atoms with Crippen LogP contribution in [0.1, 0.15) is 18.4 Å². The Labute approximate surface area is 176 Å². The van der Waals surface area contributed by atoms with Crippen molar-refractivity contribution in [2.45, 2.75) is 25.3 Å². The summed E-state index contributed by atoms with van der Waals surface area (Å²) in [5, 5.41) is 3.47. The Hall–Kier alpha value is -2.09. The molecule has 2 aromatic rings. The van der Waals surface area contributed by atoms with Gasteiger partial charge in [0.05, 0.1) is 11.9 Å². The number of benzene rings is 2. The molecule has 4 rings (SSSR count). The van der Waals surface area contributed by atoms with Crippen LogP contribution in [0.5, 0.6) is 0 Å². The van der Waals surface area contributed by atoms with E-state index in [0.29, 0.717) is 0 Å². The van der Waals surface area contributed by atoms with Gasteiger partial charge >= 0.3 is 0 Å². The monoisotopic (exact) mass is 411 g/mol. The molecular formula is C22H29N5OS. The van der Waals surface area contributed by atoms with Crippen LogP contribution in [0.15, 0.2) is 47.5 Å². The number of aliphatic imine (C=N–C) groups is 1. The first-order chi connectivity index (χ1) is 14.2. The van der Waals surface area contributed by atoms with Crippen LogP contribution in [0, 0.1) is 0 Å². The number of fused-ring (bicyclic) bond motifs is 1. The SMILES string of the molecule is CN1CCN(CCc2ccc3ccccc3c2)C(=O)[C@@H]1CCCN=C1NNCS1. The molecule has 0 bridgehead atoms. The van der Waals surface area contributed by atoms with Crippen LogP contribution in [-0.4, -0.2) is 66.0 Å². The van der Waals surface area contributed by atoms with Gasteiger partial charge in [0, 0.05) is 26.2 Å². The van der Waals surface area contributed by atoms with Gasteiger partial charge < -0.3 is 4.90 Å². The fourth-order valence-corrected chi connectivity index (χ4v) is 4.58. The lowest BCUT2D eigenvalue weighted by Gasteiger charge is -2.38. The zero-order valence-electron chi connectivity index (χ0n) is 16.9. The second-order valence-electron chi connectivity index (χ2n) is 7.67. The summed E-state index contributed by atoms with van der Waals surface area (Å²) in [6, 6.07) is 15.0. The molecule has 0 aromatic heterocycles. The normalized spacial score (nSPS) is 21.8. The van der Waals surface area contributed by atoms with Gasteiger partial charge in [0.25, 0.3) is 0 Å². The number of rotatable bonds is 7. The molecule has 7 heteroatoms. The topological polar surface area (TPSA) is 60.0 Å². The maximum atomic E-state index is 13.0. The van der Waals surface area contributed by atoms with Crippen molar-refractivity contribution in [3.8, 4) is 0 Å². The number of amides is 1. The van der Waals surface area contributed by atoms with Crippen molar-refractivity contribution in [1.82, 2.24) is 20.7 Å². The van der Waals surface area contributed by atoms with Crippen molar-refractivity contribution in [3.63, 3.8) is 0 Å². The van der Waals surface area contributed by atoms with E-state index < -0.39 is 0 Å². The number of hydrogen-bond acceptors (Lipinski definition) is 5. The van der Waals surface area contributed by atoms with Gasteiger partial charge in [-0.05, 0) is 42.6 Å². The summed E-state index contributed by atoms with van der Waals surface area (Å²) < 4.78 is 0. The fourth-order valence-electron chi connectivity index (χ4n) is 3.97. The maximum Gasteiger partial charge on any atom is 0.239 e. The lowest BCUT2D eigenvalue weighted by Crippen LogP contribution is -2.55. The van der Waals surface area contributed by atoms with Crippen LogP contribution in [-0.2, 0) is 11.2 Å². The molecule has 2 fully saturated rings. The predicted molar refractivity (Wildman–Crippen MR) is 121 cm³/mol. The number of thioether (sulfide) groups is 1. The first-order valence-electron chi connectivity index (χ1n) is 10.3. The van der Waals surface area contributed by atoms with Crippen LogP contribution in [0.3, 0.4) is 0 Å². The van der Waals surface area contributed by atoms with E-state index in [2.05, 4.69) is 70.3 Å². The molecule has 154 valence electrons. The highest BCUT2D eigenvalue weighted by molar-refractivity contribution is 8.14. The maximum absolute atomic E-state index is 13.0. The zero-order chi connectivity index (χ0) is 20.1. The van der Waals surface area contributed by atoms with Gasteiger partial charge in [-0.1, -0.05) is 54.2 Å². The second-order valence-corrected chi connectivity index (χ2v) is 8.64. The quantitative estimate of drug-likeness (QED) is 0.686. The number of amidine groups is 1. The Morgan fingerprint density at radius 2 is 2.03 bits per heavy atom. The highest BCUT2D eigenvalue weighted by Gasteiger charge is 2.31. The summed E-state index contributed by atoms with van der Waals surface area (Å²) in [4.78, 5) is 21.8. The van der Waals surface area contributed by atoms with E-state index in [1.807, 2.05) is 4.90 Å². The van der Waals surface area contributed by atoms with Crippen LogP contribution in [0.25, 0.3) is 10.8 Å². The first kappa shape index (κ1) is 20.2. The van der Waals surface area contributed by atoms with Gasteiger partial charge in [0.2, 0.25) is 5.91 Å². The first-order valence-corrected chi connectivity index (χ1v) is 11.3. The number of hydrazine groups is 1. The molecule has 2 heterocycles. The molecule has 2 N–H and O–H groups in total. The van der Waals surface area contributed by atoms with Crippen molar-refractivity contribution < 1.29 is 4.79 Å². The van der Waals surface area contributed by atoms with Crippen LogP contribution in [0.2, 0.25) is 0 Å². The van der Waals surface area contributed by atoms with Gasteiger partial charge in [-0.3, -0.25) is 20.1 Å². The Bertz CT molecular complexity index is 878. The summed E-state index contributed by atoms with van der Waals surface area (Å²) in [5.41, 5.74) is 7.36. The summed E-state index contributed by atoms with van der Waals surface area (Å²) in [6.45, 7) is 3.29. The summed E-state index contributed by atoms with van der Waals surface area (Å²) in [7, 11) is 2.06. The van der Waals surface area contributed by atoms with Gasteiger partial charge in [-0.2, -0.15) is 0 Å². The van der Waals surface area contributed by atoms with Gasteiger partial charge in [-0.25, -0.2) is 5.43 Å². The fraction of sp³-hybridized carbons (Fsp3) is 0.455. The molecule has 1 atom stereocenters. The molecule has 0 spiro atoms. The van der Waals surface area contributed by atoms with Crippen LogP contribution >= 0.6 is 11.8 Å². The summed E-state index contributed by atoms with van der Waals surface area (Å²) in [5.74, 6) is 1.12. The summed E-state index contributed by atoms with van der Waals surface area (Å²) in [6.07, 6.45) is 2.68. The second kappa shape index (κ2) is 9.61. The Morgan fingerprint density at radius 1 is 1.17 bits per heavy atom. The minimum Gasteiger partial charge on any atom is -0.340 e. The molecule has 0 radical (unpaired) electrons. The Morgan fingerprint density at radius 3 is 2.86 bits per heavy atom. The smallest absolute Gasteiger partial charge is 0.239 e. The lowest BCUT2D eigenvalue weighted by molar-refractivity contribution is -0.141. The minimum absolute atomic E-state index is 0.0251. The minimum atomic E-state index is -0.0251. The summed E-state index contributed by atoms with van der Waals surface area (Å²) >= 11 is 1.68. The van der Waals surface area contributed by atoms with E-state index in [1.54, 1.807) is 11.8 Å². The highest BCUT2D eigenvalue weighted by Crippen LogP contribution is 2.18. The number of likely N-dealkylation sites (N-methyl/N-ethyl adjacent to an activating group) is 1. The average molecular weight is 412 g/mol. The number of nitrogens with one attached hydrogen (secondary N) is 2. The van der Waals surface area contributed by atoms with E-state index in [9.17, 15) is 4.79 Å². The van der Waals surface area contributed by atoms with Crippen molar-refractivity contribution in [2.24, 2.45) is 4.99 Å². The number of nitrogens with zero attached hydrogens (tertiary/aromatic N) is 3. The molecule has 0 aliphatic carbocycles. The van der Waals surface area contributed by atoms with E-state index in [-0.39, 0.29) is 11.9 Å². The molecule has 2 aliphatic heterocycles. The van der Waals surface area contributed by atoms with Crippen molar-refractivity contribution in [2.75, 3.05) is 39.1 Å². The largest absolute Gasteiger partial charge is 0.340 e. The number of hydrogen-bond donors (Lipinski definition) is 2. The van der Waals surface area contributed by atoms with Crippen molar-refractivity contribution >= 4 is 33.6 Å². The number of carbonyl (C=O) groups is 1. The lowest BCUT2D eigenvalue weighted by atomic mass is 10.0. The average Bonchev–Trinajstić information content (AvgIpc) is 3.26. The predicted octanol–water partition coefficient (Wildman–Crippen LogP) is 2.46. The Kier molecular flexibility index (Phi) is 6.69. The van der Waals surface area contributed by atoms with Crippen molar-refractivity contribution in [1.29, 1.82) is 0 Å². The van der Waals surface area contributed by atoms with Crippen LogP contribution < -0.4 is 10.9 Å². The molecule has 2 saturated heterocycles. The van der Waals surface area contributed by atoms with Gasteiger partial charge in [0.15, 0.2) is 5.17 Å². The highest BCUT2D eigenvalue weighted by atomic mass is 32.2. The molecule has 1 amide bonds. The molecule has 2 aromatic carbocycles. The third-order valence-corrected chi connectivity index (χ3v) is 6.50. The molecule has 29 heavy (non-hydrogen) atoms. The van der Waals surface area contributed by atoms with Gasteiger partial charge in [0.1, 0.15) is 0 Å². The van der Waals surface area contributed by atoms with E-state index in [1.165, 1.54) is 16.3 Å².